The Morgan fingerprint density at radius 3 is 1.81 bits per heavy atom. The summed E-state index contributed by atoms with van der Waals surface area (Å²) in [6.45, 7) is 13.9. The van der Waals surface area contributed by atoms with Gasteiger partial charge in [-0.1, -0.05) is 80.0 Å². The van der Waals surface area contributed by atoms with Crippen LogP contribution in [0.3, 0.4) is 0 Å². The average molecular weight is 757 g/mol. The van der Waals surface area contributed by atoms with Crippen LogP contribution in [0.25, 0.3) is 10.9 Å². The molecule has 0 saturated carbocycles. The standard InChI is InChI=1S/C38H60N8O8/c1-9-23(8)33(46-35(51)27(16-20(2)3)42-29(47)18-39)38(54)45-32(22(6)7)37(53)44-31(21(4)5)36(52)43-28(34(50)40-15-14-30(48)49)17-24-19-41-26-13-11-10-12-25(24)26/h10-13,19-23,27-28,31-33,41H,9,14-18,39H2,1-8H3,(H,40,50)(H,42,47)(H,43,52)(H,44,53)(H,45,54)(H,46,51)(H,48,49)/t23-,27+,28+,31-,32-,33+/m0/s1. The number of carbonyl (C=O) groups excluding carboxylic acids is 6. The summed E-state index contributed by atoms with van der Waals surface area (Å²) in [4.78, 5) is 94.5. The second-order valence-corrected chi connectivity index (χ2v) is 14.8. The molecule has 0 aliphatic heterocycles. The second-order valence-electron chi connectivity index (χ2n) is 14.8. The molecular weight excluding hydrogens is 696 g/mol. The van der Waals surface area contributed by atoms with Gasteiger partial charge in [0, 0.05) is 30.1 Å². The number of H-pyrrole nitrogens is 1. The largest absolute Gasteiger partial charge is 0.481 e. The van der Waals surface area contributed by atoms with Gasteiger partial charge in [-0.3, -0.25) is 33.6 Å². The summed E-state index contributed by atoms with van der Waals surface area (Å²) in [7, 11) is 0. The van der Waals surface area contributed by atoms with Crippen molar-refractivity contribution in [2.75, 3.05) is 13.1 Å². The number of nitrogens with two attached hydrogens (primary N) is 1. The Hall–Kier alpha value is -4.99. The number of nitrogens with one attached hydrogen (secondary N) is 7. The third-order valence-electron chi connectivity index (χ3n) is 9.20. The van der Waals surface area contributed by atoms with Crippen molar-refractivity contribution in [3.63, 3.8) is 0 Å². The minimum absolute atomic E-state index is 0.0462. The van der Waals surface area contributed by atoms with Crippen LogP contribution in [0.15, 0.2) is 30.5 Å². The maximum Gasteiger partial charge on any atom is 0.305 e. The minimum Gasteiger partial charge on any atom is -0.481 e. The number of carboxylic acids is 1. The van der Waals surface area contributed by atoms with Gasteiger partial charge in [0.15, 0.2) is 0 Å². The zero-order chi connectivity index (χ0) is 40.7. The number of benzene rings is 1. The van der Waals surface area contributed by atoms with E-state index in [0.717, 1.165) is 16.5 Å². The van der Waals surface area contributed by atoms with Crippen LogP contribution in [0.1, 0.15) is 80.2 Å². The molecule has 0 saturated heterocycles. The number of rotatable bonds is 22. The highest BCUT2D eigenvalue weighted by Crippen LogP contribution is 2.20. The summed E-state index contributed by atoms with van der Waals surface area (Å²) in [6, 6.07) is 2.14. The van der Waals surface area contributed by atoms with Crippen molar-refractivity contribution in [1.82, 2.24) is 36.9 Å². The van der Waals surface area contributed by atoms with Gasteiger partial charge >= 0.3 is 5.97 Å². The number of carbonyl (C=O) groups is 7. The molecule has 0 radical (unpaired) electrons. The van der Waals surface area contributed by atoms with Gasteiger partial charge in [0.05, 0.1) is 13.0 Å². The number of para-hydroxylation sites is 1. The Balaban J connectivity index is 2.29. The van der Waals surface area contributed by atoms with Crippen LogP contribution >= 0.6 is 0 Å². The van der Waals surface area contributed by atoms with E-state index in [9.17, 15) is 33.6 Å². The molecule has 1 aromatic carbocycles. The normalized spacial score (nSPS) is 14.7. The molecule has 2 aromatic rings. The van der Waals surface area contributed by atoms with Crippen LogP contribution in [0.5, 0.6) is 0 Å². The highest BCUT2D eigenvalue weighted by molar-refractivity contribution is 5.97. The smallest absolute Gasteiger partial charge is 0.305 e. The van der Waals surface area contributed by atoms with Gasteiger partial charge in [-0.2, -0.15) is 0 Å². The van der Waals surface area contributed by atoms with Gasteiger partial charge in [0.2, 0.25) is 35.4 Å². The summed E-state index contributed by atoms with van der Waals surface area (Å²) >= 11 is 0. The fraction of sp³-hybridized carbons (Fsp3) is 0.605. The van der Waals surface area contributed by atoms with Gasteiger partial charge < -0.3 is 47.7 Å². The molecule has 2 rings (SSSR count). The number of hydrogen-bond donors (Lipinski definition) is 9. The Morgan fingerprint density at radius 1 is 0.722 bits per heavy atom. The van der Waals surface area contributed by atoms with E-state index in [1.54, 1.807) is 40.8 Å². The molecule has 1 heterocycles. The lowest BCUT2D eigenvalue weighted by Gasteiger charge is -2.31. The zero-order valence-corrected chi connectivity index (χ0v) is 32.7. The van der Waals surface area contributed by atoms with Crippen molar-refractivity contribution in [2.45, 2.75) is 111 Å². The lowest BCUT2D eigenvalue weighted by atomic mass is 9.95. The molecule has 6 atom stereocenters. The highest BCUT2D eigenvalue weighted by atomic mass is 16.4. The molecule has 6 amide bonds. The van der Waals surface area contributed by atoms with Gasteiger partial charge in [-0.15, -0.1) is 0 Å². The van der Waals surface area contributed by atoms with Crippen molar-refractivity contribution in [3.05, 3.63) is 36.0 Å². The first-order valence-corrected chi connectivity index (χ1v) is 18.6. The van der Waals surface area contributed by atoms with E-state index in [-0.39, 0.29) is 37.8 Å². The first-order chi connectivity index (χ1) is 25.4. The van der Waals surface area contributed by atoms with Crippen molar-refractivity contribution >= 4 is 52.3 Å². The fourth-order valence-electron chi connectivity index (χ4n) is 5.87. The maximum atomic E-state index is 13.8. The third-order valence-corrected chi connectivity index (χ3v) is 9.20. The predicted octanol–water partition coefficient (Wildman–Crippen LogP) is 1.09. The molecule has 300 valence electrons. The molecule has 16 nitrogen and oxygen atoms in total. The van der Waals surface area contributed by atoms with Crippen molar-refractivity contribution in [2.24, 2.45) is 29.4 Å². The van der Waals surface area contributed by atoms with Crippen LogP contribution in [0.4, 0.5) is 0 Å². The minimum atomic E-state index is -1.12. The average Bonchev–Trinajstić information content (AvgIpc) is 3.52. The van der Waals surface area contributed by atoms with Gasteiger partial charge in [0.1, 0.15) is 30.2 Å². The SMILES string of the molecule is CC[C@H](C)[C@@H](NC(=O)[C@@H](CC(C)C)NC(=O)CN)C(=O)N[C@H](C(=O)N[C@H](C(=O)N[C@H](Cc1c[nH]c2ccccc12)C(=O)NCCC(=O)O)C(C)C)C(C)C. The topological polar surface area (TPSA) is 254 Å². The molecule has 0 fully saturated rings. The molecule has 10 N–H and O–H groups in total. The van der Waals surface area contributed by atoms with Crippen LogP contribution < -0.4 is 37.6 Å². The number of aliphatic carboxylic acids is 1. The summed E-state index contributed by atoms with van der Waals surface area (Å²) in [5.41, 5.74) is 7.04. The number of aromatic amines is 1. The summed E-state index contributed by atoms with van der Waals surface area (Å²) in [5.74, 6) is -5.84. The number of aromatic nitrogens is 1. The van der Waals surface area contributed by atoms with E-state index in [0.29, 0.717) is 12.8 Å². The fourth-order valence-corrected chi connectivity index (χ4v) is 5.87. The molecule has 54 heavy (non-hydrogen) atoms. The predicted molar refractivity (Wildman–Crippen MR) is 205 cm³/mol. The van der Waals surface area contributed by atoms with E-state index >= 15 is 0 Å². The number of hydrogen-bond acceptors (Lipinski definition) is 8. The summed E-state index contributed by atoms with van der Waals surface area (Å²) in [5, 5.41) is 26.2. The molecule has 16 heteroatoms. The van der Waals surface area contributed by atoms with E-state index in [1.165, 1.54) is 0 Å². The lowest BCUT2D eigenvalue weighted by molar-refractivity contribution is -0.137. The first kappa shape index (κ1) is 45.2. The Bertz CT molecular complexity index is 1610. The van der Waals surface area contributed by atoms with Crippen LogP contribution in [-0.4, -0.2) is 94.8 Å². The van der Waals surface area contributed by atoms with Crippen LogP contribution in [-0.2, 0) is 40.0 Å². The van der Waals surface area contributed by atoms with Crippen molar-refractivity contribution in [3.8, 4) is 0 Å². The summed E-state index contributed by atoms with van der Waals surface area (Å²) < 4.78 is 0. The van der Waals surface area contributed by atoms with E-state index < -0.39 is 83.5 Å². The molecule has 0 unspecified atom stereocenters. The Kier molecular flexibility index (Phi) is 18.1. The zero-order valence-electron chi connectivity index (χ0n) is 32.7. The maximum absolute atomic E-state index is 13.8. The van der Waals surface area contributed by atoms with Crippen LogP contribution in [0.2, 0.25) is 0 Å². The lowest BCUT2D eigenvalue weighted by Crippen LogP contribution is -2.62. The van der Waals surface area contributed by atoms with E-state index in [2.05, 4.69) is 36.9 Å². The van der Waals surface area contributed by atoms with Crippen molar-refractivity contribution < 1.29 is 38.7 Å². The van der Waals surface area contributed by atoms with Gasteiger partial charge in [-0.05, 0) is 41.7 Å². The van der Waals surface area contributed by atoms with E-state index in [1.807, 2.05) is 45.0 Å². The number of fused-ring (bicyclic) bond motifs is 1. The van der Waals surface area contributed by atoms with E-state index in [4.69, 9.17) is 10.8 Å². The first-order valence-electron chi connectivity index (χ1n) is 18.6. The van der Waals surface area contributed by atoms with Crippen molar-refractivity contribution in [1.29, 1.82) is 0 Å². The molecule has 0 spiro atoms. The Labute approximate surface area is 317 Å². The Morgan fingerprint density at radius 2 is 1.28 bits per heavy atom. The third kappa shape index (κ3) is 13.8. The highest BCUT2D eigenvalue weighted by Gasteiger charge is 2.36. The second kappa shape index (κ2) is 21.6. The van der Waals surface area contributed by atoms with Crippen LogP contribution in [0, 0.1) is 23.7 Å². The molecule has 1 aromatic heterocycles. The molecule has 0 aliphatic rings. The number of amides is 6. The quantitative estimate of drug-likeness (QED) is 0.0833. The number of carboxylic acid groups (broad SMARTS) is 1. The van der Waals surface area contributed by atoms with Gasteiger partial charge in [0.25, 0.3) is 0 Å². The summed E-state index contributed by atoms with van der Waals surface area (Å²) in [6.07, 6.45) is 2.34. The molecule has 0 aliphatic carbocycles. The molecular formula is C38H60N8O8. The monoisotopic (exact) mass is 756 g/mol. The molecule has 0 bridgehead atoms. The van der Waals surface area contributed by atoms with Gasteiger partial charge in [-0.25, -0.2) is 0 Å².